The number of hydrogen-bond donors (Lipinski definition) is 1. The standard InChI is InChI=1S/C20H15N/c21-19-12-11-15-6-3-4-8-18(15)20(19)17-10-9-14-5-1-2-7-16(14)13-17/h1-13H,21H2. The van der Waals surface area contributed by atoms with E-state index in [2.05, 4.69) is 72.8 Å². The largest absolute Gasteiger partial charge is 0.398 e. The van der Waals surface area contributed by atoms with E-state index in [1.807, 2.05) is 6.07 Å². The first-order valence-corrected chi connectivity index (χ1v) is 7.09. The van der Waals surface area contributed by atoms with Gasteiger partial charge in [0.2, 0.25) is 0 Å². The van der Waals surface area contributed by atoms with Gasteiger partial charge in [-0.15, -0.1) is 0 Å². The molecule has 0 heterocycles. The fraction of sp³-hybridized carbons (Fsp3) is 0. The third-order valence-corrected chi connectivity index (χ3v) is 4.00. The lowest BCUT2D eigenvalue weighted by molar-refractivity contribution is 1.66. The van der Waals surface area contributed by atoms with Crippen molar-refractivity contribution >= 4 is 27.2 Å². The Balaban J connectivity index is 2.05. The fourth-order valence-corrected chi connectivity index (χ4v) is 2.96. The summed E-state index contributed by atoms with van der Waals surface area (Å²) in [6.45, 7) is 0. The lowest BCUT2D eigenvalue weighted by Gasteiger charge is -2.11. The Hall–Kier alpha value is -2.80. The normalized spacial score (nSPS) is 11.0. The predicted molar refractivity (Wildman–Crippen MR) is 91.3 cm³/mol. The van der Waals surface area contributed by atoms with E-state index >= 15 is 0 Å². The summed E-state index contributed by atoms with van der Waals surface area (Å²) in [6, 6.07) is 27.4. The molecule has 0 spiro atoms. The molecule has 21 heavy (non-hydrogen) atoms. The number of fused-ring (bicyclic) bond motifs is 2. The quantitative estimate of drug-likeness (QED) is 0.470. The molecular formula is C20H15N. The summed E-state index contributed by atoms with van der Waals surface area (Å²) in [6.07, 6.45) is 0. The first-order valence-electron chi connectivity index (χ1n) is 7.09. The van der Waals surface area contributed by atoms with Gasteiger partial charge in [0.25, 0.3) is 0 Å². The van der Waals surface area contributed by atoms with E-state index in [9.17, 15) is 0 Å². The Morgan fingerprint density at radius 1 is 0.571 bits per heavy atom. The lowest BCUT2D eigenvalue weighted by atomic mass is 9.95. The minimum Gasteiger partial charge on any atom is -0.398 e. The van der Waals surface area contributed by atoms with Gasteiger partial charge in [0, 0.05) is 11.3 Å². The molecule has 0 saturated carbocycles. The van der Waals surface area contributed by atoms with E-state index in [0.29, 0.717) is 0 Å². The van der Waals surface area contributed by atoms with Crippen molar-refractivity contribution in [2.45, 2.75) is 0 Å². The zero-order valence-corrected chi connectivity index (χ0v) is 11.6. The number of nitrogen functional groups attached to an aromatic ring is 1. The Labute approximate surface area is 123 Å². The predicted octanol–water partition coefficient (Wildman–Crippen LogP) is 5.24. The maximum atomic E-state index is 6.26. The molecule has 0 atom stereocenters. The molecule has 0 aliphatic carbocycles. The third-order valence-electron chi connectivity index (χ3n) is 4.00. The van der Waals surface area contributed by atoms with Gasteiger partial charge in [0.1, 0.15) is 0 Å². The maximum absolute atomic E-state index is 6.26. The van der Waals surface area contributed by atoms with Gasteiger partial charge in [-0.05, 0) is 39.2 Å². The van der Waals surface area contributed by atoms with Crippen molar-refractivity contribution in [2.75, 3.05) is 5.73 Å². The minimum absolute atomic E-state index is 0.823. The topological polar surface area (TPSA) is 26.0 Å². The van der Waals surface area contributed by atoms with Crippen LogP contribution in [0.3, 0.4) is 0 Å². The highest BCUT2D eigenvalue weighted by molar-refractivity contribution is 6.03. The number of nitrogens with two attached hydrogens (primary N) is 1. The van der Waals surface area contributed by atoms with Crippen LogP contribution >= 0.6 is 0 Å². The molecule has 4 aromatic carbocycles. The second-order valence-corrected chi connectivity index (χ2v) is 5.31. The van der Waals surface area contributed by atoms with Crippen LogP contribution in [0.15, 0.2) is 78.9 Å². The van der Waals surface area contributed by atoms with Crippen molar-refractivity contribution in [3.8, 4) is 11.1 Å². The average molecular weight is 269 g/mol. The van der Waals surface area contributed by atoms with E-state index in [1.54, 1.807) is 0 Å². The monoisotopic (exact) mass is 269 g/mol. The van der Waals surface area contributed by atoms with E-state index in [4.69, 9.17) is 5.73 Å². The molecule has 0 aromatic heterocycles. The Kier molecular flexibility index (Phi) is 2.65. The Bertz CT molecular complexity index is 954. The van der Waals surface area contributed by atoms with Crippen LogP contribution in [-0.2, 0) is 0 Å². The van der Waals surface area contributed by atoms with Crippen LogP contribution in [-0.4, -0.2) is 0 Å². The second kappa shape index (κ2) is 4.64. The van der Waals surface area contributed by atoms with Gasteiger partial charge < -0.3 is 5.73 Å². The van der Waals surface area contributed by atoms with Crippen LogP contribution in [0.1, 0.15) is 0 Å². The van der Waals surface area contributed by atoms with Gasteiger partial charge in [-0.25, -0.2) is 0 Å². The van der Waals surface area contributed by atoms with Crippen molar-refractivity contribution in [1.82, 2.24) is 0 Å². The first-order chi connectivity index (χ1) is 10.3. The van der Waals surface area contributed by atoms with Gasteiger partial charge in [0.05, 0.1) is 0 Å². The summed E-state index contributed by atoms with van der Waals surface area (Å²) >= 11 is 0. The fourth-order valence-electron chi connectivity index (χ4n) is 2.96. The molecule has 1 heteroatoms. The summed E-state index contributed by atoms with van der Waals surface area (Å²) < 4.78 is 0. The number of benzene rings is 4. The molecule has 0 amide bonds. The van der Waals surface area contributed by atoms with Crippen LogP contribution in [0.4, 0.5) is 5.69 Å². The van der Waals surface area contributed by atoms with Gasteiger partial charge in [-0.1, -0.05) is 66.7 Å². The van der Waals surface area contributed by atoms with E-state index in [-0.39, 0.29) is 0 Å². The maximum Gasteiger partial charge on any atom is 0.0400 e. The zero-order chi connectivity index (χ0) is 14.2. The van der Waals surface area contributed by atoms with Crippen LogP contribution in [0.5, 0.6) is 0 Å². The first kappa shape index (κ1) is 12.0. The highest BCUT2D eigenvalue weighted by Crippen LogP contribution is 2.35. The summed E-state index contributed by atoms with van der Waals surface area (Å²) in [5.74, 6) is 0. The molecule has 0 unspecified atom stereocenters. The molecule has 4 rings (SSSR count). The van der Waals surface area contributed by atoms with Gasteiger partial charge in [-0.3, -0.25) is 0 Å². The van der Waals surface area contributed by atoms with Gasteiger partial charge >= 0.3 is 0 Å². The number of hydrogen-bond acceptors (Lipinski definition) is 1. The van der Waals surface area contributed by atoms with Crippen molar-refractivity contribution < 1.29 is 0 Å². The SMILES string of the molecule is Nc1ccc2ccccc2c1-c1ccc2ccccc2c1. The molecule has 100 valence electrons. The molecule has 1 nitrogen and oxygen atoms in total. The molecule has 2 N–H and O–H groups in total. The average Bonchev–Trinajstić information content (AvgIpc) is 2.54. The highest BCUT2D eigenvalue weighted by atomic mass is 14.6. The van der Waals surface area contributed by atoms with Crippen LogP contribution < -0.4 is 5.73 Å². The summed E-state index contributed by atoms with van der Waals surface area (Å²) in [4.78, 5) is 0. The Morgan fingerprint density at radius 2 is 1.24 bits per heavy atom. The van der Waals surface area contributed by atoms with Crippen LogP contribution in [0.2, 0.25) is 0 Å². The smallest absolute Gasteiger partial charge is 0.0400 e. The second-order valence-electron chi connectivity index (χ2n) is 5.31. The van der Waals surface area contributed by atoms with Crippen molar-refractivity contribution in [3.05, 3.63) is 78.9 Å². The van der Waals surface area contributed by atoms with Gasteiger partial charge in [-0.2, -0.15) is 0 Å². The molecule has 0 bridgehead atoms. The zero-order valence-electron chi connectivity index (χ0n) is 11.6. The molecule has 0 fully saturated rings. The minimum atomic E-state index is 0.823. The molecular weight excluding hydrogens is 254 g/mol. The van der Waals surface area contributed by atoms with Crippen molar-refractivity contribution in [1.29, 1.82) is 0 Å². The van der Waals surface area contributed by atoms with E-state index in [1.165, 1.54) is 27.1 Å². The molecule has 0 aliphatic rings. The van der Waals surface area contributed by atoms with Crippen molar-refractivity contribution in [3.63, 3.8) is 0 Å². The molecule has 0 radical (unpaired) electrons. The van der Waals surface area contributed by atoms with Gasteiger partial charge in [0.15, 0.2) is 0 Å². The third kappa shape index (κ3) is 1.95. The molecule has 0 saturated heterocycles. The Morgan fingerprint density at radius 3 is 2.10 bits per heavy atom. The molecule has 0 aliphatic heterocycles. The molecule has 4 aromatic rings. The van der Waals surface area contributed by atoms with E-state index in [0.717, 1.165) is 11.3 Å². The lowest BCUT2D eigenvalue weighted by Crippen LogP contribution is -1.91. The van der Waals surface area contributed by atoms with Crippen LogP contribution in [0, 0.1) is 0 Å². The summed E-state index contributed by atoms with van der Waals surface area (Å²) in [5.41, 5.74) is 9.38. The highest BCUT2D eigenvalue weighted by Gasteiger charge is 2.08. The summed E-state index contributed by atoms with van der Waals surface area (Å²) in [5, 5.41) is 4.91. The van der Waals surface area contributed by atoms with E-state index < -0.39 is 0 Å². The van der Waals surface area contributed by atoms with Crippen LogP contribution in [0.25, 0.3) is 32.7 Å². The number of anilines is 1. The number of rotatable bonds is 1. The van der Waals surface area contributed by atoms with Crippen molar-refractivity contribution in [2.24, 2.45) is 0 Å². The summed E-state index contributed by atoms with van der Waals surface area (Å²) in [7, 11) is 0.